The van der Waals surface area contributed by atoms with Gasteiger partial charge in [-0.05, 0) is 49.7 Å². The van der Waals surface area contributed by atoms with Crippen molar-refractivity contribution in [3.63, 3.8) is 0 Å². The molecule has 19 heavy (non-hydrogen) atoms. The van der Waals surface area contributed by atoms with Gasteiger partial charge in [0.05, 0.1) is 0 Å². The highest BCUT2D eigenvalue weighted by Crippen LogP contribution is 2.35. The van der Waals surface area contributed by atoms with Gasteiger partial charge in [0.25, 0.3) is 0 Å². The third-order valence-corrected chi connectivity index (χ3v) is 3.83. The zero-order chi connectivity index (χ0) is 13.2. The first kappa shape index (κ1) is 12.3. The Bertz CT molecular complexity index is 449. The van der Waals surface area contributed by atoms with E-state index in [4.69, 9.17) is 10.9 Å². The van der Waals surface area contributed by atoms with Crippen molar-refractivity contribution in [1.82, 2.24) is 4.98 Å². The summed E-state index contributed by atoms with van der Waals surface area (Å²) in [7, 11) is 0. The number of aromatic nitrogens is 1. The number of hydrogen-bond donors (Lipinski definition) is 2. The molecule has 1 aromatic rings. The molecule has 2 fully saturated rings. The third-order valence-electron chi connectivity index (χ3n) is 3.83. The minimum Gasteiger partial charge on any atom is -0.409 e. The molecule has 3 rings (SSSR count). The van der Waals surface area contributed by atoms with E-state index in [1.54, 1.807) is 6.20 Å². The van der Waals surface area contributed by atoms with Crippen molar-refractivity contribution in [2.24, 2.45) is 22.7 Å². The largest absolute Gasteiger partial charge is 0.409 e. The molecule has 0 aromatic carbocycles. The lowest BCUT2D eigenvalue weighted by Gasteiger charge is -2.23. The summed E-state index contributed by atoms with van der Waals surface area (Å²) in [6, 6.07) is 3.84. The lowest BCUT2D eigenvalue weighted by Crippen LogP contribution is -2.29. The molecule has 0 spiro atoms. The van der Waals surface area contributed by atoms with Crippen LogP contribution in [-0.4, -0.2) is 29.1 Å². The van der Waals surface area contributed by atoms with Gasteiger partial charge in [-0.25, -0.2) is 4.98 Å². The number of pyridine rings is 1. The Morgan fingerprint density at radius 3 is 2.32 bits per heavy atom. The summed E-state index contributed by atoms with van der Waals surface area (Å²) in [5.74, 6) is 2.82. The number of oxime groups is 1. The Morgan fingerprint density at radius 2 is 1.89 bits per heavy atom. The average molecular weight is 260 g/mol. The van der Waals surface area contributed by atoms with Gasteiger partial charge in [0.2, 0.25) is 0 Å². The maximum Gasteiger partial charge on any atom is 0.171 e. The van der Waals surface area contributed by atoms with Crippen molar-refractivity contribution in [3.8, 4) is 0 Å². The fourth-order valence-corrected chi connectivity index (χ4v) is 2.27. The minimum atomic E-state index is 0.106. The number of rotatable bonds is 6. The van der Waals surface area contributed by atoms with Crippen molar-refractivity contribution in [2.75, 3.05) is 18.0 Å². The van der Waals surface area contributed by atoms with Crippen LogP contribution in [0.15, 0.2) is 23.5 Å². The maximum atomic E-state index is 8.65. The molecule has 0 amide bonds. The van der Waals surface area contributed by atoms with Gasteiger partial charge in [-0.3, -0.25) is 0 Å². The van der Waals surface area contributed by atoms with Gasteiger partial charge in [0.15, 0.2) is 5.84 Å². The molecule has 2 aliphatic rings. The summed E-state index contributed by atoms with van der Waals surface area (Å²) >= 11 is 0. The fourth-order valence-electron chi connectivity index (χ4n) is 2.27. The zero-order valence-corrected chi connectivity index (χ0v) is 11.0. The lowest BCUT2D eigenvalue weighted by atomic mass is 10.2. The van der Waals surface area contributed by atoms with Crippen molar-refractivity contribution >= 4 is 11.7 Å². The number of nitrogens with two attached hydrogens (primary N) is 1. The zero-order valence-electron chi connectivity index (χ0n) is 11.0. The quantitative estimate of drug-likeness (QED) is 0.354. The Labute approximate surface area is 113 Å². The van der Waals surface area contributed by atoms with E-state index in [1.807, 2.05) is 12.1 Å². The fraction of sp³-hybridized carbons (Fsp3) is 0.571. The predicted molar refractivity (Wildman–Crippen MR) is 74.4 cm³/mol. The summed E-state index contributed by atoms with van der Waals surface area (Å²) in [5.41, 5.74) is 6.20. The highest BCUT2D eigenvalue weighted by molar-refractivity contribution is 5.96. The first-order valence-corrected chi connectivity index (χ1v) is 6.95. The molecule has 1 heterocycles. The minimum absolute atomic E-state index is 0.106. The number of hydrogen-bond acceptors (Lipinski definition) is 4. The molecule has 0 unspecified atom stereocenters. The molecular formula is C14H20N4O. The van der Waals surface area contributed by atoms with Crippen LogP contribution in [0.5, 0.6) is 0 Å². The maximum absolute atomic E-state index is 8.65. The van der Waals surface area contributed by atoms with Crippen LogP contribution in [0.4, 0.5) is 5.82 Å². The van der Waals surface area contributed by atoms with E-state index in [-0.39, 0.29) is 5.84 Å². The number of anilines is 1. The van der Waals surface area contributed by atoms with Crippen LogP contribution < -0.4 is 10.6 Å². The monoisotopic (exact) mass is 260 g/mol. The number of amidine groups is 1. The molecule has 102 valence electrons. The molecule has 0 saturated heterocycles. The highest BCUT2D eigenvalue weighted by atomic mass is 16.4. The van der Waals surface area contributed by atoms with E-state index in [0.717, 1.165) is 30.7 Å². The Balaban J connectivity index is 1.72. The van der Waals surface area contributed by atoms with Gasteiger partial charge in [-0.2, -0.15) is 0 Å². The number of nitrogens with zero attached hydrogens (tertiary/aromatic N) is 3. The SMILES string of the molecule is NC(=NO)c1ccc(N(CC2CC2)CC2CC2)nc1. The Hall–Kier alpha value is -1.78. The molecule has 3 N–H and O–H groups in total. The van der Waals surface area contributed by atoms with E-state index >= 15 is 0 Å². The second kappa shape index (κ2) is 5.07. The molecule has 5 heteroatoms. The predicted octanol–water partition coefficient (Wildman–Crippen LogP) is 1.80. The molecular weight excluding hydrogens is 240 g/mol. The second-order valence-electron chi connectivity index (χ2n) is 5.68. The summed E-state index contributed by atoms with van der Waals surface area (Å²) in [4.78, 5) is 6.86. The van der Waals surface area contributed by atoms with E-state index < -0.39 is 0 Å². The molecule has 0 atom stereocenters. The molecule has 0 bridgehead atoms. The van der Waals surface area contributed by atoms with Crippen LogP contribution in [-0.2, 0) is 0 Å². The first-order chi connectivity index (χ1) is 9.26. The van der Waals surface area contributed by atoms with Gasteiger partial charge >= 0.3 is 0 Å². The van der Waals surface area contributed by atoms with Crippen LogP contribution in [0.3, 0.4) is 0 Å². The molecule has 2 saturated carbocycles. The first-order valence-electron chi connectivity index (χ1n) is 6.95. The summed E-state index contributed by atoms with van der Waals surface area (Å²) in [6.07, 6.45) is 7.08. The smallest absolute Gasteiger partial charge is 0.171 e. The normalized spacial score (nSPS) is 19.5. The standard InChI is InChI=1S/C14H20N4O/c15-14(17-19)12-5-6-13(16-7-12)18(8-10-1-2-10)9-11-3-4-11/h5-7,10-11,19H,1-4,8-9H2,(H2,15,17). The van der Waals surface area contributed by atoms with Gasteiger partial charge in [-0.15, -0.1) is 0 Å². The van der Waals surface area contributed by atoms with Gasteiger partial charge in [0, 0.05) is 24.8 Å². The van der Waals surface area contributed by atoms with Crippen LogP contribution >= 0.6 is 0 Å². The van der Waals surface area contributed by atoms with E-state index in [0.29, 0.717) is 5.56 Å². The van der Waals surface area contributed by atoms with Crippen molar-refractivity contribution in [1.29, 1.82) is 0 Å². The van der Waals surface area contributed by atoms with E-state index in [2.05, 4.69) is 15.0 Å². The molecule has 1 aromatic heterocycles. The Morgan fingerprint density at radius 1 is 1.26 bits per heavy atom. The topological polar surface area (TPSA) is 74.7 Å². The van der Waals surface area contributed by atoms with Gasteiger partial charge < -0.3 is 15.8 Å². The summed E-state index contributed by atoms with van der Waals surface area (Å²) in [6.45, 7) is 2.23. The Kier molecular flexibility index (Phi) is 3.27. The van der Waals surface area contributed by atoms with Crippen LogP contribution in [0, 0.1) is 11.8 Å². The summed E-state index contributed by atoms with van der Waals surface area (Å²) in [5, 5.41) is 11.6. The van der Waals surface area contributed by atoms with Gasteiger partial charge in [0.1, 0.15) is 5.82 Å². The molecule has 0 aliphatic heterocycles. The highest BCUT2D eigenvalue weighted by Gasteiger charge is 2.29. The van der Waals surface area contributed by atoms with Crippen molar-refractivity contribution in [3.05, 3.63) is 23.9 Å². The lowest BCUT2D eigenvalue weighted by molar-refractivity contribution is 0.318. The van der Waals surface area contributed by atoms with Crippen LogP contribution in [0.25, 0.3) is 0 Å². The molecule has 2 aliphatic carbocycles. The second-order valence-corrected chi connectivity index (χ2v) is 5.68. The van der Waals surface area contributed by atoms with E-state index in [9.17, 15) is 0 Å². The molecule has 0 radical (unpaired) electrons. The van der Waals surface area contributed by atoms with E-state index in [1.165, 1.54) is 25.7 Å². The third kappa shape index (κ3) is 3.16. The summed E-state index contributed by atoms with van der Waals surface area (Å²) < 4.78 is 0. The van der Waals surface area contributed by atoms with Crippen LogP contribution in [0.1, 0.15) is 31.2 Å². The average Bonchev–Trinajstić information content (AvgIpc) is 3.32. The van der Waals surface area contributed by atoms with Crippen molar-refractivity contribution in [2.45, 2.75) is 25.7 Å². The van der Waals surface area contributed by atoms with Crippen molar-refractivity contribution < 1.29 is 5.21 Å². The van der Waals surface area contributed by atoms with Gasteiger partial charge in [-0.1, -0.05) is 5.16 Å². The molecule has 5 nitrogen and oxygen atoms in total. The van der Waals surface area contributed by atoms with Crippen LogP contribution in [0.2, 0.25) is 0 Å².